The Balaban J connectivity index is 0.00000320. The van der Waals surface area contributed by atoms with E-state index in [-0.39, 0.29) is 18.3 Å². The summed E-state index contributed by atoms with van der Waals surface area (Å²) < 4.78 is 11.3. The zero-order chi connectivity index (χ0) is 20.5. The predicted octanol–water partition coefficient (Wildman–Crippen LogP) is 5.00. The van der Waals surface area contributed by atoms with E-state index in [1.54, 1.807) is 0 Å². The minimum atomic E-state index is -0.943. The van der Waals surface area contributed by atoms with Crippen molar-refractivity contribution in [1.29, 1.82) is 0 Å². The van der Waals surface area contributed by atoms with Crippen molar-refractivity contribution >= 4 is 12.4 Å². The highest BCUT2D eigenvalue weighted by molar-refractivity contribution is 5.85. The first kappa shape index (κ1) is 24.7. The molecule has 2 atom stereocenters. The average Bonchev–Trinajstić information content (AvgIpc) is 2.79. The summed E-state index contributed by atoms with van der Waals surface area (Å²) in [5.41, 5.74) is 1.18. The Morgan fingerprint density at radius 1 is 1.03 bits per heavy atom. The molecule has 5 heteroatoms. The third-order valence-electron chi connectivity index (χ3n) is 5.98. The van der Waals surface area contributed by atoms with Gasteiger partial charge in [0.25, 0.3) is 0 Å². The molecule has 4 nitrogen and oxygen atoms in total. The third kappa shape index (κ3) is 6.21. The van der Waals surface area contributed by atoms with Crippen LogP contribution in [0.15, 0.2) is 54.6 Å². The van der Waals surface area contributed by atoms with Crippen LogP contribution in [0.25, 0.3) is 0 Å². The second-order valence-corrected chi connectivity index (χ2v) is 7.88. The number of aliphatic hydroxyl groups is 1. The van der Waals surface area contributed by atoms with E-state index < -0.39 is 5.60 Å². The summed E-state index contributed by atoms with van der Waals surface area (Å²) in [4.78, 5) is 2.41. The lowest BCUT2D eigenvalue weighted by atomic mass is 9.75. The standard InChI is InChI=1S/C25H35NO3.ClH/c1-3-5-17-29-23-13-11-22(12-14-23)25(27,4-2)24(21-9-7-6-8-10-21)20-26-15-18-28-19-16-26;/h6-14,24,27H,3-5,15-20H2,1-2H3;1H. The van der Waals surface area contributed by atoms with Gasteiger partial charge in [-0.15, -0.1) is 12.4 Å². The Hall–Kier alpha value is -1.59. The number of benzene rings is 2. The molecule has 0 aliphatic carbocycles. The van der Waals surface area contributed by atoms with Gasteiger partial charge in [0.2, 0.25) is 0 Å². The summed E-state index contributed by atoms with van der Waals surface area (Å²) >= 11 is 0. The Morgan fingerprint density at radius 3 is 2.30 bits per heavy atom. The van der Waals surface area contributed by atoms with Crippen LogP contribution in [-0.2, 0) is 10.3 Å². The summed E-state index contributed by atoms with van der Waals surface area (Å²) in [6.07, 6.45) is 2.82. The third-order valence-corrected chi connectivity index (χ3v) is 5.98. The molecule has 0 amide bonds. The van der Waals surface area contributed by atoms with Gasteiger partial charge in [0.15, 0.2) is 0 Å². The summed E-state index contributed by atoms with van der Waals surface area (Å²) in [5.74, 6) is 0.851. The Labute approximate surface area is 187 Å². The zero-order valence-corrected chi connectivity index (χ0v) is 19.1. The SMILES string of the molecule is CCCCOc1ccc(C(O)(CC)C(CN2CCOCC2)c2ccccc2)cc1.Cl. The van der Waals surface area contributed by atoms with E-state index in [1.807, 2.05) is 30.3 Å². The van der Waals surface area contributed by atoms with Crippen LogP contribution >= 0.6 is 12.4 Å². The number of rotatable bonds is 10. The normalized spacial score (nSPS) is 17.6. The van der Waals surface area contributed by atoms with Crippen molar-refractivity contribution in [3.63, 3.8) is 0 Å². The van der Waals surface area contributed by atoms with E-state index in [4.69, 9.17) is 9.47 Å². The lowest BCUT2D eigenvalue weighted by Crippen LogP contribution is -2.44. The van der Waals surface area contributed by atoms with E-state index in [9.17, 15) is 5.11 Å². The fraction of sp³-hybridized carbons (Fsp3) is 0.520. The van der Waals surface area contributed by atoms with E-state index in [0.29, 0.717) is 6.42 Å². The highest BCUT2D eigenvalue weighted by Gasteiger charge is 2.39. The quantitative estimate of drug-likeness (QED) is 0.535. The minimum absolute atomic E-state index is 0. The van der Waals surface area contributed by atoms with Crippen LogP contribution in [-0.4, -0.2) is 49.5 Å². The van der Waals surface area contributed by atoms with Crippen molar-refractivity contribution in [3.8, 4) is 5.75 Å². The molecule has 3 rings (SSSR count). The number of hydrogen-bond acceptors (Lipinski definition) is 4. The Morgan fingerprint density at radius 2 is 1.70 bits per heavy atom. The highest BCUT2D eigenvalue weighted by atomic mass is 35.5. The van der Waals surface area contributed by atoms with Gasteiger partial charge >= 0.3 is 0 Å². The van der Waals surface area contributed by atoms with Crippen molar-refractivity contribution in [2.24, 2.45) is 0 Å². The lowest BCUT2D eigenvalue weighted by molar-refractivity contribution is -0.0250. The van der Waals surface area contributed by atoms with Crippen LogP contribution in [0.1, 0.15) is 50.2 Å². The molecule has 0 bridgehead atoms. The Bertz CT molecular complexity index is 719. The van der Waals surface area contributed by atoms with Gasteiger partial charge in [0.05, 0.1) is 25.4 Å². The monoisotopic (exact) mass is 433 g/mol. The smallest absolute Gasteiger partial charge is 0.119 e. The molecule has 1 aliphatic rings. The Kier molecular flexibility index (Phi) is 10.1. The average molecular weight is 434 g/mol. The summed E-state index contributed by atoms with van der Waals surface area (Å²) in [5, 5.41) is 11.9. The number of unbranched alkanes of at least 4 members (excludes halogenated alkanes) is 1. The fourth-order valence-corrected chi connectivity index (χ4v) is 4.09. The van der Waals surface area contributed by atoms with Crippen molar-refractivity contribution in [3.05, 3.63) is 65.7 Å². The van der Waals surface area contributed by atoms with Gasteiger partial charge in [0, 0.05) is 25.6 Å². The van der Waals surface area contributed by atoms with Gasteiger partial charge in [-0.25, -0.2) is 0 Å². The van der Waals surface area contributed by atoms with E-state index in [1.165, 1.54) is 5.56 Å². The molecule has 30 heavy (non-hydrogen) atoms. The molecular weight excluding hydrogens is 398 g/mol. The summed E-state index contributed by atoms with van der Waals surface area (Å²) in [6.45, 7) is 9.11. The maximum absolute atomic E-state index is 11.9. The van der Waals surface area contributed by atoms with E-state index >= 15 is 0 Å². The van der Waals surface area contributed by atoms with Crippen LogP contribution in [0.3, 0.4) is 0 Å². The number of ether oxygens (including phenoxy) is 2. The topological polar surface area (TPSA) is 41.9 Å². The summed E-state index contributed by atoms with van der Waals surface area (Å²) in [6, 6.07) is 18.4. The van der Waals surface area contributed by atoms with Gasteiger partial charge in [-0.3, -0.25) is 4.90 Å². The molecule has 1 fully saturated rings. The second-order valence-electron chi connectivity index (χ2n) is 7.88. The molecule has 1 saturated heterocycles. The maximum atomic E-state index is 11.9. The first-order chi connectivity index (χ1) is 14.2. The number of nitrogens with zero attached hydrogens (tertiary/aromatic N) is 1. The van der Waals surface area contributed by atoms with Crippen LogP contribution in [0, 0.1) is 0 Å². The molecule has 0 saturated carbocycles. The minimum Gasteiger partial charge on any atom is -0.494 e. The molecule has 1 aliphatic heterocycles. The number of halogens is 1. The molecule has 1 N–H and O–H groups in total. The largest absolute Gasteiger partial charge is 0.494 e. The van der Waals surface area contributed by atoms with Gasteiger partial charge in [-0.05, 0) is 36.1 Å². The van der Waals surface area contributed by atoms with Gasteiger partial charge in [0.1, 0.15) is 5.75 Å². The van der Waals surface area contributed by atoms with Crippen LogP contribution < -0.4 is 4.74 Å². The molecule has 2 aromatic rings. The predicted molar refractivity (Wildman–Crippen MR) is 125 cm³/mol. The molecule has 0 spiro atoms. The van der Waals surface area contributed by atoms with Crippen molar-refractivity contribution < 1.29 is 14.6 Å². The van der Waals surface area contributed by atoms with Crippen LogP contribution in [0.4, 0.5) is 0 Å². The van der Waals surface area contributed by atoms with E-state index in [0.717, 1.165) is 63.6 Å². The molecule has 1 heterocycles. The van der Waals surface area contributed by atoms with E-state index in [2.05, 4.69) is 43.0 Å². The maximum Gasteiger partial charge on any atom is 0.119 e. The van der Waals surface area contributed by atoms with Crippen molar-refractivity contribution in [2.45, 2.75) is 44.6 Å². The molecule has 166 valence electrons. The van der Waals surface area contributed by atoms with Gasteiger partial charge in [-0.1, -0.05) is 62.7 Å². The second kappa shape index (κ2) is 12.3. The molecule has 0 radical (unpaired) electrons. The molecular formula is C25H36ClNO3. The zero-order valence-electron chi connectivity index (χ0n) is 18.3. The first-order valence-corrected chi connectivity index (χ1v) is 11.0. The molecule has 0 aromatic heterocycles. The molecule has 2 aromatic carbocycles. The van der Waals surface area contributed by atoms with Crippen LogP contribution in [0.2, 0.25) is 0 Å². The van der Waals surface area contributed by atoms with Gasteiger partial charge < -0.3 is 14.6 Å². The van der Waals surface area contributed by atoms with Crippen LogP contribution in [0.5, 0.6) is 5.75 Å². The highest BCUT2D eigenvalue weighted by Crippen LogP contribution is 2.41. The first-order valence-electron chi connectivity index (χ1n) is 11.0. The van der Waals surface area contributed by atoms with Crippen molar-refractivity contribution in [1.82, 2.24) is 4.90 Å². The van der Waals surface area contributed by atoms with Crippen molar-refractivity contribution in [2.75, 3.05) is 39.5 Å². The lowest BCUT2D eigenvalue weighted by Gasteiger charge is -2.40. The summed E-state index contributed by atoms with van der Waals surface area (Å²) in [7, 11) is 0. The molecule has 2 unspecified atom stereocenters. The number of hydrogen-bond donors (Lipinski definition) is 1. The number of morpholine rings is 1. The van der Waals surface area contributed by atoms with Gasteiger partial charge in [-0.2, -0.15) is 0 Å². The fourth-order valence-electron chi connectivity index (χ4n) is 4.09.